The molecule has 3 heteroatoms. The van der Waals surface area contributed by atoms with Gasteiger partial charge in [-0.25, -0.2) is 0 Å². The monoisotopic (exact) mass is 197 g/mol. The second-order valence-electron chi connectivity index (χ2n) is 4.92. The summed E-state index contributed by atoms with van der Waals surface area (Å²) < 4.78 is 0. The molecule has 1 aliphatic carbocycles. The Morgan fingerprint density at radius 3 is 2.43 bits per heavy atom. The second kappa shape index (κ2) is 4.60. The molecule has 1 unspecified atom stereocenters. The summed E-state index contributed by atoms with van der Waals surface area (Å²) in [5, 5.41) is 0. The number of nitrogens with zero attached hydrogens (tertiary/aromatic N) is 2. The minimum atomic E-state index is 0.466. The highest BCUT2D eigenvalue weighted by Gasteiger charge is 2.26. The summed E-state index contributed by atoms with van der Waals surface area (Å²) in [4.78, 5) is 5.07. The highest BCUT2D eigenvalue weighted by atomic mass is 15.3. The molecule has 82 valence electrons. The van der Waals surface area contributed by atoms with E-state index in [1.165, 1.54) is 51.9 Å². The van der Waals surface area contributed by atoms with Gasteiger partial charge in [-0.15, -0.1) is 0 Å². The Balaban J connectivity index is 1.82. The van der Waals surface area contributed by atoms with Gasteiger partial charge in [-0.05, 0) is 26.3 Å². The maximum absolute atomic E-state index is 6.02. The van der Waals surface area contributed by atoms with E-state index in [1.807, 2.05) is 0 Å². The maximum atomic E-state index is 6.02. The third kappa shape index (κ3) is 2.47. The van der Waals surface area contributed by atoms with Crippen LogP contribution in [0.4, 0.5) is 0 Å². The van der Waals surface area contributed by atoms with E-state index in [0.717, 1.165) is 6.04 Å². The van der Waals surface area contributed by atoms with Crippen LogP contribution in [0.1, 0.15) is 25.7 Å². The van der Waals surface area contributed by atoms with E-state index in [1.54, 1.807) is 0 Å². The Morgan fingerprint density at radius 2 is 1.79 bits per heavy atom. The van der Waals surface area contributed by atoms with Gasteiger partial charge >= 0.3 is 0 Å². The third-order valence-electron chi connectivity index (χ3n) is 3.74. The summed E-state index contributed by atoms with van der Waals surface area (Å²) >= 11 is 0. The second-order valence-corrected chi connectivity index (χ2v) is 4.92. The van der Waals surface area contributed by atoms with Crippen LogP contribution in [0.25, 0.3) is 0 Å². The molecule has 1 saturated carbocycles. The first-order valence-electron chi connectivity index (χ1n) is 5.94. The fourth-order valence-corrected chi connectivity index (χ4v) is 2.72. The smallest absolute Gasteiger partial charge is 0.0113 e. The largest absolute Gasteiger partial charge is 0.328 e. The van der Waals surface area contributed by atoms with Crippen LogP contribution in [0, 0.1) is 0 Å². The Bertz CT molecular complexity index is 175. The number of nitrogens with two attached hydrogens (primary N) is 1. The van der Waals surface area contributed by atoms with E-state index in [9.17, 15) is 0 Å². The van der Waals surface area contributed by atoms with Crippen molar-refractivity contribution in [2.45, 2.75) is 37.8 Å². The predicted octanol–water partition coefficient (Wildman–Crippen LogP) is 0.504. The highest BCUT2D eigenvalue weighted by Crippen LogP contribution is 2.22. The SMILES string of the molecule is CN1CCN(C2CCC[C@@H](N)C2)CC1. The highest BCUT2D eigenvalue weighted by molar-refractivity contribution is 4.84. The average Bonchev–Trinajstić information content (AvgIpc) is 2.19. The van der Waals surface area contributed by atoms with Crippen LogP contribution in [0.3, 0.4) is 0 Å². The molecule has 2 rings (SSSR count). The van der Waals surface area contributed by atoms with E-state index < -0.39 is 0 Å². The van der Waals surface area contributed by atoms with Gasteiger partial charge in [0.05, 0.1) is 0 Å². The van der Waals surface area contributed by atoms with Crippen molar-refractivity contribution in [3.63, 3.8) is 0 Å². The standard InChI is InChI=1S/C11H23N3/c1-13-5-7-14(8-6-13)11-4-2-3-10(12)9-11/h10-11H,2-9,12H2,1H3/t10-,11?/m1/s1. The molecule has 2 aliphatic rings. The molecule has 14 heavy (non-hydrogen) atoms. The average molecular weight is 197 g/mol. The Kier molecular flexibility index (Phi) is 3.42. The molecule has 0 aromatic carbocycles. The molecule has 1 aliphatic heterocycles. The van der Waals surface area contributed by atoms with Crippen LogP contribution < -0.4 is 5.73 Å². The molecular formula is C11H23N3. The lowest BCUT2D eigenvalue weighted by Crippen LogP contribution is -2.51. The Hall–Kier alpha value is -0.120. The number of hydrogen-bond donors (Lipinski definition) is 1. The lowest BCUT2D eigenvalue weighted by Gasteiger charge is -2.40. The molecule has 2 fully saturated rings. The molecule has 1 saturated heterocycles. The summed E-state index contributed by atoms with van der Waals surface area (Å²) in [7, 11) is 2.21. The molecule has 3 nitrogen and oxygen atoms in total. The van der Waals surface area contributed by atoms with Crippen LogP contribution in [0.5, 0.6) is 0 Å². The summed E-state index contributed by atoms with van der Waals surface area (Å²) in [6.45, 7) is 4.94. The third-order valence-corrected chi connectivity index (χ3v) is 3.74. The summed E-state index contributed by atoms with van der Waals surface area (Å²) in [5.41, 5.74) is 6.02. The molecule has 2 N–H and O–H groups in total. The normalized spacial score (nSPS) is 37.3. The van der Waals surface area contributed by atoms with Crippen molar-refractivity contribution in [3.05, 3.63) is 0 Å². The number of rotatable bonds is 1. The van der Waals surface area contributed by atoms with E-state index in [-0.39, 0.29) is 0 Å². The van der Waals surface area contributed by atoms with Gasteiger partial charge in [-0.1, -0.05) is 6.42 Å². The van der Waals surface area contributed by atoms with Crippen LogP contribution in [-0.2, 0) is 0 Å². The van der Waals surface area contributed by atoms with Gasteiger partial charge in [0, 0.05) is 38.3 Å². The first-order valence-corrected chi connectivity index (χ1v) is 5.94. The number of hydrogen-bond acceptors (Lipinski definition) is 3. The van der Waals surface area contributed by atoms with Crippen LogP contribution in [-0.4, -0.2) is 55.1 Å². The summed E-state index contributed by atoms with van der Waals surface area (Å²) in [6.07, 6.45) is 5.17. The minimum absolute atomic E-state index is 0.466. The number of likely N-dealkylation sites (N-methyl/N-ethyl adjacent to an activating group) is 1. The minimum Gasteiger partial charge on any atom is -0.328 e. The molecule has 0 radical (unpaired) electrons. The molecule has 0 spiro atoms. The maximum Gasteiger partial charge on any atom is 0.0113 e. The van der Waals surface area contributed by atoms with E-state index in [2.05, 4.69) is 16.8 Å². The molecule has 2 atom stereocenters. The Morgan fingerprint density at radius 1 is 1.07 bits per heavy atom. The molecule has 0 amide bonds. The lowest BCUT2D eigenvalue weighted by atomic mass is 9.90. The first kappa shape index (κ1) is 10.4. The quantitative estimate of drug-likeness (QED) is 0.664. The van der Waals surface area contributed by atoms with Crippen LogP contribution >= 0.6 is 0 Å². The topological polar surface area (TPSA) is 32.5 Å². The number of piperazine rings is 1. The van der Waals surface area contributed by atoms with E-state index in [0.29, 0.717) is 6.04 Å². The van der Waals surface area contributed by atoms with Gasteiger partial charge in [0.25, 0.3) is 0 Å². The zero-order valence-corrected chi connectivity index (χ0v) is 9.28. The van der Waals surface area contributed by atoms with Crippen molar-refractivity contribution in [3.8, 4) is 0 Å². The molecule has 0 bridgehead atoms. The summed E-state index contributed by atoms with van der Waals surface area (Å²) in [5.74, 6) is 0. The van der Waals surface area contributed by atoms with Gasteiger partial charge < -0.3 is 10.6 Å². The van der Waals surface area contributed by atoms with E-state index >= 15 is 0 Å². The summed E-state index contributed by atoms with van der Waals surface area (Å²) in [6, 6.07) is 1.25. The molecule has 0 aromatic rings. The van der Waals surface area contributed by atoms with Gasteiger partial charge in [0.1, 0.15) is 0 Å². The Labute approximate surface area is 87.2 Å². The predicted molar refractivity (Wildman–Crippen MR) is 59.3 cm³/mol. The zero-order chi connectivity index (χ0) is 9.97. The van der Waals surface area contributed by atoms with Crippen molar-refractivity contribution < 1.29 is 0 Å². The van der Waals surface area contributed by atoms with Gasteiger partial charge in [0.15, 0.2) is 0 Å². The van der Waals surface area contributed by atoms with Gasteiger partial charge in [-0.3, -0.25) is 4.90 Å². The van der Waals surface area contributed by atoms with Crippen molar-refractivity contribution in [2.75, 3.05) is 33.2 Å². The van der Waals surface area contributed by atoms with E-state index in [4.69, 9.17) is 5.73 Å². The fraction of sp³-hybridized carbons (Fsp3) is 1.00. The van der Waals surface area contributed by atoms with Crippen LogP contribution in [0.15, 0.2) is 0 Å². The van der Waals surface area contributed by atoms with Crippen molar-refractivity contribution in [1.29, 1.82) is 0 Å². The van der Waals surface area contributed by atoms with Crippen LogP contribution in [0.2, 0.25) is 0 Å². The lowest BCUT2D eigenvalue weighted by molar-refractivity contribution is 0.0869. The fourth-order valence-electron chi connectivity index (χ4n) is 2.72. The van der Waals surface area contributed by atoms with Gasteiger partial charge in [0.2, 0.25) is 0 Å². The van der Waals surface area contributed by atoms with Crippen molar-refractivity contribution in [2.24, 2.45) is 5.73 Å². The molecule has 0 aromatic heterocycles. The zero-order valence-electron chi connectivity index (χ0n) is 9.28. The van der Waals surface area contributed by atoms with Crippen molar-refractivity contribution in [1.82, 2.24) is 9.80 Å². The van der Waals surface area contributed by atoms with Gasteiger partial charge in [-0.2, -0.15) is 0 Å². The first-order chi connectivity index (χ1) is 6.75. The van der Waals surface area contributed by atoms with Crippen molar-refractivity contribution >= 4 is 0 Å². The molecular weight excluding hydrogens is 174 g/mol. The molecule has 1 heterocycles.